The lowest BCUT2D eigenvalue weighted by atomic mass is 10.1. The van der Waals surface area contributed by atoms with E-state index in [-0.39, 0.29) is 18.5 Å². The third-order valence-electron chi connectivity index (χ3n) is 6.39. The Morgan fingerprint density at radius 3 is 2.24 bits per heavy atom. The molecule has 2 atom stereocenters. The molecule has 0 saturated heterocycles. The number of anilines is 1. The summed E-state index contributed by atoms with van der Waals surface area (Å²) >= 11 is 0. The number of sulfonamides is 1. The number of nitrogens with one attached hydrogen (secondary N) is 1. The van der Waals surface area contributed by atoms with Crippen LogP contribution in [0.15, 0.2) is 66.7 Å². The third-order valence-corrected chi connectivity index (χ3v) is 7.52. The summed E-state index contributed by atoms with van der Waals surface area (Å²) in [4.78, 5) is 28.2. The molecule has 8 nitrogen and oxygen atoms in total. The second kappa shape index (κ2) is 12.1. The first-order valence-corrected chi connectivity index (χ1v) is 14.1. The Morgan fingerprint density at radius 2 is 1.62 bits per heavy atom. The SMILES string of the molecule is CC[C@@H](C)NC(=O)[C@H](C)N(Cc1ccc(OC)cc1)C(=O)CN(c1cccc2ccccc12)S(C)(=O)=O. The highest BCUT2D eigenvalue weighted by Gasteiger charge is 2.31. The molecule has 198 valence electrons. The van der Waals surface area contributed by atoms with E-state index in [1.54, 1.807) is 38.3 Å². The molecular weight excluding hydrogens is 490 g/mol. The van der Waals surface area contributed by atoms with Gasteiger partial charge in [-0.3, -0.25) is 13.9 Å². The summed E-state index contributed by atoms with van der Waals surface area (Å²) < 4.78 is 32.2. The fourth-order valence-corrected chi connectivity index (χ4v) is 4.86. The highest BCUT2D eigenvalue weighted by Crippen LogP contribution is 2.28. The number of hydrogen-bond acceptors (Lipinski definition) is 5. The van der Waals surface area contributed by atoms with E-state index >= 15 is 0 Å². The summed E-state index contributed by atoms with van der Waals surface area (Å²) in [5, 5.41) is 4.50. The minimum atomic E-state index is -3.82. The van der Waals surface area contributed by atoms with E-state index < -0.39 is 28.5 Å². The molecule has 0 unspecified atom stereocenters. The lowest BCUT2D eigenvalue weighted by Gasteiger charge is -2.32. The van der Waals surface area contributed by atoms with E-state index in [4.69, 9.17) is 4.74 Å². The molecule has 3 aromatic rings. The monoisotopic (exact) mass is 525 g/mol. The molecule has 2 amide bonds. The van der Waals surface area contributed by atoms with Gasteiger partial charge in [0.25, 0.3) is 0 Å². The Morgan fingerprint density at radius 1 is 0.973 bits per heavy atom. The van der Waals surface area contributed by atoms with Crippen molar-refractivity contribution in [3.63, 3.8) is 0 Å². The molecule has 1 N–H and O–H groups in total. The van der Waals surface area contributed by atoms with Crippen LogP contribution in [-0.2, 0) is 26.2 Å². The molecule has 9 heteroatoms. The minimum absolute atomic E-state index is 0.0592. The molecule has 3 aromatic carbocycles. The first-order chi connectivity index (χ1) is 17.5. The van der Waals surface area contributed by atoms with E-state index in [9.17, 15) is 18.0 Å². The zero-order valence-electron chi connectivity index (χ0n) is 22.0. The van der Waals surface area contributed by atoms with Gasteiger partial charge in [0.2, 0.25) is 21.8 Å². The molecule has 0 aliphatic rings. The number of methoxy groups -OCH3 is 1. The number of rotatable bonds is 11. The van der Waals surface area contributed by atoms with Gasteiger partial charge in [-0.05, 0) is 49.4 Å². The van der Waals surface area contributed by atoms with Gasteiger partial charge in [0, 0.05) is 18.0 Å². The molecule has 0 aromatic heterocycles. The average molecular weight is 526 g/mol. The second-order valence-electron chi connectivity index (χ2n) is 9.13. The number of ether oxygens (including phenoxy) is 1. The number of carbonyl (C=O) groups excluding carboxylic acids is 2. The van der Waals surface area contributed by atoms with Gasteiger partial charge < -0.3 is 15.0 Å². The molecule has 0 bridgehead atoms. The van der Waals surface area contributed by atoms with E-state index in [2.05, 4.69) is 5.32 Å². The van der Waals surface area contributed by atoms with Crippen LogP contribution in [-0.4, -0.2) is 57.1 Å². The number of benzene rings is 3. The van der Waals surface area contributed by atoms with E-state index in [0.717, 1.165) is 27.9 Å². The van der Waals surface area contributed by atoms with Crippen LogP contribution in [0.25, 0.3) is 10.8 Å². The van der Waals surface area contributed by atoms with E-state index in [1.807, 2.05) is 56.3 Å². The van der Waals surface area contributed by atoms with Gasteiger partial charge in [-0.2, -0.15) is 0 Å². The first kappa shape index (κ1) is 28.0. The number of hydrogen-bond donors (Lipinski definition) is 1. The summed E-state index contributed by atoms with van der Waals surface area (Å²) in [6, 6.07) is 19.1. The van der Waals surface area contributed by atoms with Crippen molar-refractivity contribution in [2.75, 3.05) is 24.2 Å². The fourth-order valence-electron chi connectivity index (χ4n) is 4.00. The zero-order chi connectivity index (χ0) is 27.2. The molecule has 0 radical (unpaired) electrons. The summed E-state index contributed by atoms with van der Waals surface area (Å²) in [7, 11) is -2.25. The molecule has 3 rings (SSSR count). The number of nitrogens with zero attached hydrogens (tertiary/aromatic N) is 2. The normalized spacial score (nSPS) is 13.0. The highest BCUT2D eigenvalue weighted by molar-refractivity contribution is 7.92. The molecule has 0 spiro atoms. The lowest BCUT2D eigenvalue weighted by Crippen LogP contribution is -2.52. The fraction of sp³-hybridized carbons (Fsp3) is 0.357. The first-order valence-electron chi connectivity index (χ1n) is 12.2. The van der Waals surface area contributed by atoms with Crippen LogP contribution in [0.3, 0.4) is 0 Å². The van der Waals surface area contributed by atoms with Crippen LogP contribution in [0.1, 0.15) is 32.8 Å². The van der Waals surface area contributed by atoms with Gasteiger partial charge in [0.15, 0.2) is 0 Å². The van der Waals surface area contributed by atoms with Gasteiger partial charge in [0.1, 0.15) is 18.3 Å². The van der Waals surface area contributed by atoms with Crippen molar-refractivity contribution in [2.24, 2.45) is 0 Å². The van der Waals surface area contributed by atoms with Crippen LogP contribution in [0.2, 0.25) is 0 Å². The minimum Gasteiger partial charge on any atom is -0.497 e. The summed E-state index contributed by atoms with van der Waals surface area (Å²) in [5.41, 5.74) is 1.20. The Kier molecular flexibility index (Phi) is 9.15. The van der Waals surface area contributed by atoms with Crippen LogP contribution in [0.4, 0.5) is 5.69 Å². The largest absolute Gasteiger partial charge is 0.497 e. The molecule has 37 heavy (non-hydrogen) atoms. The van der Waals surface area contributed by atoms with Crippen molar-refractivity contribution in [1.82, 2.24) is 10.2 Å². The lowest BCUT2D eigenvalue weighted by molar-refractivity contribution is -0.139. The van der Waals surface area contributed by atoms with Crippen molar-refractivity contribution in [3.05, 3.63) is 72.3 Å². The Hall–Kier alpha value is -3.59. The Bertz CT molecular complexity index is 1340. The molecule has 0 heterocycles. The molecule has 0 fully saturated rings. The maximum atomic E-state index is 13.8. The Labute approximate surface area is 219 Å². The van der Waals surface area contributed by atoms with Crippen LogP contribution < -0.4 is 14.4 Å². The number of fused-ring (bicyclic) bond motifs is 1. The summed E-state index contributed by atoms with van der Waals surface area (Å²) in [6.45, 7) is 5.20. The van der Waals surface area contributed by atoms with Gasteiger partial charge in [-0.25, -0.2) is 8.42 Å². The van der Waals surface area contributed by atoms with Gasteiger partial charge in [-0.15, -0.1) is 0 Å². The predicted octanol–water partition coefficient (Wildman–Crippen LogP) is 3.95. The Balaban J connectivity index is 1.98. The number of amides is 2. The van der Waals surface area contributed by atoms with Crippen LogP contribution >= 0.6 is 0 Å². The van der Waals surface area contributed by atoms with Crippen molar-refractivity contribution < 1.29 is 22.7 Å². The van der Waals surface area contributed by atoms with Crippen LogP contribution in [0, 0.1) is 0 Å². The summed E-state index contributed by atoms with van der Waals surface area (Å²) in [5.74, 6) is -0.114. The average Bonchev–Trinajstić information content (AvgIpc) is 2.89. The highest BCUT2D eigenvalue weighted by atomic mass is 32.2. The maximum absolute atomic E-state index is 13.8. The van der Waals surface area contributed by atoms with Gasteiger partial charge >= 0.3 is 0 Å². The van der Waals surface area contributed by atoms with E-state index in [0.29, 0.717) is 16.8 Å². The van der Waals surface area contributed by atoms with Crippen molar-refractivity contribution in [3.8, 4) is 5.75 Å². The third kappa shape index (κ3) is 7.01. The number of carbonyl (C=O) groups is 2. The van der Waals surface area contributed by atoms with Gasteiger partial charge in [-0.1, -0.05) is 55.5 Å². The molecular formula is C28H35N3O5S. The van der Waals surface area contributed by atoms with Crippen molar-refractivity contribution in [1.29, 1.82) is 0 Å². The standard InChI is InChI=1S/C28H35N3O5S/c1-6-20(2)29-28(33)21(3)30(18-22-14-16-24(36-4)17-15-22)27(32)19-31(37(5,34)35)26-13-9-11-23-10-7-8-12-25(23)26/h7-17,20-21H,6,18-19H2,1-5H3,(H,29,33)/t20-,21+/m1/s1. The topological polar surface area (TPSA) is 96.0 Å². The second-order valence-corrected chi connectivity index (χ2v) is 11.0. The predicted molar refractivity (Wildman–Crippen MR) is 147 cm³/mol. The molecule has 0 aliphatic heterocycles. The van der Waals surface area contributed by atoms with E-state index in [1.165, 1.54) is 4.90 Å². The quantitative estimate of drug-likeness (QED) is 0.409. The maximum Gasteiger partial charge on any atom is 0.244 e. The molecule has 0 aliphatic carbocycles. The smallest absolute Gasteiger partial charge is 0.244 e. The van der Waals surface area contributed by atoms with Crippen LogP contribution in [0.5, 0.6) is 5.75 Å². The van der Waals surface area contributed by atoms with Gasteiger partial charge in [0.05, 0.1) is 19.1 Å². The van der Waals surface area contributed by atoms with Crippen molar-refractivity contribution >= 4 is 38.3 Å². The molecule has 0 saturated carbocycles. The van der Waals surface area contributed by atoms with Crippen molar-refractivity contribution in [2.45, 2.75) is 45.8 Å². The zero-order valence-corrected chi connectivity index (χ0v) is 22.8. The summed E-state index contributed by atoms with van der Waals surface area (Å²) in [6.07, 6.45) is 1.82.